The Labute approximate surface area is 94.5 Å². The second-order valence-electron chi connectivity index (χ2n) is 3.46. The Hall–Kier alpha value is -0.890. The summed E-state index contributed by atoms with van der Waals surface area (Å²) < 4.78 is 30.9. The van der Waals surface area contributed by atoms with E-state index < -0.39 is 10.0 Å². The van der Waals surface area contributed by atoms with Crippen LogP contribution in [0.2, 0.25) is 0 Å². The first kappa shape index (κ1) is 13.2. The van der Waals surface area contributed by atoms with Crippen LogP contribution in [0.3, 0.4) is 0 Å². The smallest absolute Gasteiger partial charge is 0.274 e. The van der Waals surface area contributed by atoms with Crippen LogP contribution in [0.1, 0.15) is 19.1 Å². The molecule has 0 saturated carbocycles. The first-order valence-electron chi connectivity index (χ1n) is 4.91. The van der Waals surface area contributed by atoms with E-state index in [0.717, 1.165) is 0 Å². The van der Waals surface area contributed by atoms with Gasteiger partial charge in [0.25, 0.3) is 10.0 Å². The van der Waals surface area contributed by atoms with Gasteiger partial charge in [-0.2, -0.15) is 0 Å². The average Bonchev–Trinajstić information content (AvgIpc) is 2.65. The molecule has 1 aromatic heterocycles. The fourth-order valence-electron chi connectivity index (χ4n) is 1.19. The third kappa shape index (κ3) is 3.31. The molecule has 1 unspecified atom stereocenters. The number of rotatable bonds is 6. The van der Waals surface area contributed by atoms with Gasteiger partial charge in [-0.05, 0) is 25.5 Å². The molecule has 0 spiro atoms. The Morgan fingerprint density at radius 1 is 1.56 bits per heavy atom. The third-order valence-corrected chi connectivity index (χ3v) is 3.48. The van der Waals surface area contributed by atoms with Crippen LogP contribution in [0.4, 0.5) is 0 Å². The number of nitrogens with one attached hydrogen (secondary N) is 1. The van der Waals surface area contributed by atoms with Crippen molar-refractivity contribution in [2.75, 3.05) is 6.61 Å². The molecule has 7 heteroatoms. The summed E-state index contributed by atoms with van der Waals surface area (Å²) in [6, 6.07) is 2.53. The van der Waals surface area contributed by atoms with Crippen molar-refractivity contribution in [3.05, 3.63) is 17.9 Å². The number of hydrogen-bond donors (Lipinski definition) is 3. The molecular weight excluding hydrogens is 232 g/mol. The predicted molar refractivity (Wildman–Crippen MR) is 58.1 cm³/mol. The molecule has 4 N–H and O–H groups in total. The molecule has 6 nitrogen and oxygen atoms in total. The van der Waals surface area contributed by atoms with E-state index in [4.69, 9.17) is 15.3 Å². The van der Waals surface area contributed by atoms with Crippen molar-refractivity contribution in [3.8, 4) is 0 Å². The standard InChI is InChI=1S/C9H16N2O4S/c1-7(4-5-12)11-16(13,14)9-3-2-8(6-10)15-9/h2-3,7,11-12H,4-6,10H2,1H3. The number of furan rings is 1. The highest BCUT2D eigenvalue weighted by molar-refractivity contribution is 7.89. The van der Waals surface area contributed by atoms with Crippen molar-refractivity contribution in [2.45, 2.75) is 31.0 Å². The summed E-state index contributed by atoms with van der Waals surface area (Å²) in [5.74, 6) is 0.412. The van der Waals surface area contributed by atoms with Crippen LogP contribution < -0.4 is 10.5 Å². The summed E-state index contributed by atoms with van der Waals surface area (Å²) in [7, 11) is -3.65. The fourth-order valence-corrected chi connectivity index (χ4v) is 2.42. The van der Waals surface area contributed by atoms with Crippen molar-refractivity contribution < 1.29 is 17.9 Å². The van der Waals surface area contributed by atoms with Crippen molar-refractivity contribution in [1.82, 2.24) is 4.72 Å². The number of sulfonamides is 1. The van der Waals surface area contributed by atoms with E-state index >= 15 is 0 Å². The van der Waals surface area contributed by atoms with Crippen LogP contribution in [0.5, 0.6) is 0 Å². The highest BCUT2D eigenvalue weighted by atomic mass is 32.2. The molecule has 0 fully saturated rings. The van der Waals surface area contributed by atoms with Gasteiger partial charge in [0.05, 0.1) is 6.54 Å². The lowest BCUT2D eigenvalue weighted by Crippen LogP contribution is -2.33. The number of nitrogens with two attached hydrogens (primary N) is 1. The van der Waals surface area contributed by atoms with Gasteiger partial charge in [0, 0.05) is 12.6 Å². The zero-order valence-electron chi connectivity index (χ0n) is 9.01. The van der Waals surface area contributed by atoms with Gasteiger partial charge in [0.1, 0.15) is 5.76 Å². The zero-order chi connectivity index (χ0) is 12.2. The Bertz CT molecular complexity index is 426. The lowest BCUT2D eigenvalue weighted by atomic mass is 10.3. The second-order valence-corrected chi connectivity index (χ2v) is 5.10. The van der Waals surface area contributed by atoms with Gasteiger partial charge in [-0.25, -0.2) is 13.1 Å². The Morgan fingerprint density at radius 3 is 2.75 bits per heavy atom. The van der Waals surface area contributed by atoms with Crippen LogP contribution in [-0.4, -0.2) is 26.2 Å². The van der Waals surface area contributed by atoms with E-state index in [-0.39, 0.29) is 24.3 Å². The van der Waals surface area contributed by atoms with E-state index in [1.807, 2.05) is 0 Å². The number of aliphatic hydroxyl groups is 1. The van der Waals surface area contributed by atoms with E-state index in [1.54, 1.807) is 6.92 Å². The Balaban J connectivity index is 2.77. The molecule has 0 aliphatic heterocycles. The average molecular weight is 248 g/mol. The summed E-state index contributed by atoms with van der Waals surface area (Å²) in [4.78, 5) is 0. The van der Waals surface area contributed by atoms with Gasteiger partial charge in [-0.15, -0.1) is 0 Å². The third-order valence-electron chi connectivity index (χ3n) is 2.02. The SMILES string of the molecule is CC(CCO)NS(=O)(=O)c1ccc(CN)o1. The van der Waals surface area contributed by atoms with Crippen molar-refractivity contribution in [2.24, 2.45) is 5.73 Å². The molecule has 1 atom stereocenters. The quantitative estimate of drug-likeness (QED) is 0.646. The highest BCUT2D eigenvalue weighted by Gasteiger charge is 2.20. The molecule has 0 amide bonds. The van der Waals surface area contributed by atoms with Crippen molar-refractivity contribution >= 4 is 10.0 Å². The van der Waals surface area contributed by atoms with Crippen LogP contribution in [0.25, 0.3) is 0 Å². The van der Waals surface area contributed by atoms with Gasteiger partial charge in [0.2, 0.25) is 5.09 Å². The topological polar surface area (TPSA) is 106 Å². The maximum Gasteiger partial charge on any atom is 0.274 e. The first-order chi connectivity index (χ1) is 7.49. The van der Waals surface area contributed by atoms with Gasteiger partial charge >= 0.3 is 0 Å². The summed E-state index contributed by atoms with van der Waals surface area (Å²) in [5.41, 5.74) is 5.31. The lowest BCUT2D eigenvalue weighted by Gasteiger charge is -2.10. The molecule has 1 aromatic rings. The predicted octanol–water partition coefficient (Wildman–Crippen LogP) is -0.213. The van der Waals surface area contributed by atoms with Crippen LogP contribution in [-0.2, 0) is 16.6 Å². The van der Waals surface area contributed by atoms with Crippen molar-refractivity contribution in [3.63, 3.8) is 0 Å². The molecule has 0 bridgehead atoms. The summed E-state index contributed by atoms with van der Waals surface area (Å²) in [6.07, 6.45) is 0.351. The molecule has 0 saturated heterocycles. The second kappa shape index (κ2) is 5.44. The van der Waals surface area contributed by atoms with Gasteiger partial charge in [-0.3, -0.25) is 0 Å². The normalized spacial score (nSPS) is 13.9. The minimum Gasteiger partial charge on any atom is -0.447 e. The molecule has 1 rings (SSSR count). The molecule has 92 valence electrons. The van der Waals surface area contributed by atoms with E-state index in [1.165, 1.54) is 12.1 Å². The zero-order valence-corrected chi connectivity index (χ0v) is 9.83. The minimum absolute atomic E-state index is 0.0735. The van der Waals surface area contributed by atoms with E-state index in [9.17, 15) is 8.42 Å². The minimum atomic E-state index is -3.65. The molecule has 0 aliphatic rings. The van der Waals surface area contributed by atoms with Crippen LogP contribution in [0, 0.1) is 0 Å². The number of aliphatic hydroxyl groups excluding tert-OH is 1. The molecule has 0 radical (unpaired) electrons. The highest BCUT2D eigenvalue weighted by Crippen LogP contribution is 2.13. The molecule has 1 heterocycles. The van der Waals surface area contributed by atoms with Crippen LogP contribution in [0.15, 0.2) is 21.6 Å². The molecule has 0 aliphatic carbocycles. The fraction of sp³-hybridized carbons (Fsp3) is 0.556. The van der Waals surface area contributed by atoms with Crippen molar-refractivity contribution in [1.29, 1.82) is 0 Å². The van der Waals surface area contributed by atoms with Gasteiger partial charge in [-0.1, -0.05) is 0 Å². The summed E-state index contributed by atoms with van der Waals surface area (Å²) in [5, 5.41) is 8.52. The molecule has 0 aromatic carbocycles. The van der Waals surface area contributed by atoms with Gasteiger partial charge < -0.3 is 15.3 Å². The summed E-state index contributed by atoms with van der Waals surface area (Å²) in [6.45, 7) is 1.75. The van der Waals surface area contributed by atoms with E-state index in [0.29, 0.717) is 12.2 Å². The molecular formula is C9H16N2O4S. The lowest BCUT2D eigenvalue weighted by molar-refractivity contribution is 0.275. The monoisotopic (exact) mass is 248 g/mol. The number of hydrogen-bond acceptors (Lipinski definition) is 5. The maximum atomic E-state index is 11.7. The largest absolute Gasteiger partial charge is 0.447 e. The molecule has 16 heavy (non-hydrogen) atoms. The van der Waals surface area contributed by atoms with E-state index in [2.05, 4.69) is 4.72 Å². The van der Waals surface area contributed by atoms with Crippen LogP contribution >= 0.6 is 0 Å². The Morgan fingerprint density at radius 2 is 2.25 bits per heavy atom. The Kier molecular flexibility index (Phi) is 4.48. The van der Waals surface area contributed by atoms with Gasteiger partial charge in [0.15, 0.2) is 0 Å². The maximum absolute atomic E-state index is 11.7. The summed E-state index contributed by atoms with van der Waals surface area (Å²) >= 11 is 0. The first-order valence-corrected chi connectivity index (χ1v) is 6.40.